The molecule has 1 heterocycles. The lowest BCUT2D eigenvalue weighted by molar-refractivity contribution is -0.385. The zero-order valence-corrected chi connectivity index (χ0v) is 12.9. The number of carbonyl (C=O) groups excluding carboxylic acids is 2. The van der Waals surface area contributed by atoms with Crippen LogP contribution in [0.1, 0.15) is 31.1 Å². The minimum absolute atomic E-state index is 0.0843. The van der Waals surface area contributed by atoms with E-state index in [0.717, 1.165) is 6.07 Å². The first kappa shape index (κ1) is 16.5. The standard InChI is InChI=1S/C14H16N2O7/c1-14(2,3)15-12(17)6-21-13(18)8-4-10-11(23-7-22-10)5-9(8)16(19)20/h4-5H,6-7H2,1-3H3,(H,15,17). The van der Waals surface area contributed by atoms with Crippen LogP contribution in [0, 0.1) is 10.1 Å². The lowest BCUT2D eigenvalue weighted by atomic mass is 10.1. The molecule has 23 heavy (non-hydrogen) atoms. The Kier molecular flexibility index (Phi) is 4.39. The molecule has 0 aliphatic carbocycles. The molecule has 0 atom stereocenters. The zero-order valence-electron chi connectivity index (χ0n) is 12.9. The molecule has 0 saturated carbocycles. The van der Waals surface area contributed by atoms with E-state index in [1.54, 1.807) is 20.8 Å². The predicted octanol–water partition coefficient (Wildman–Crippen LogP) is 1.39. The Hall–Kier alpha value is -2.84. The fraction of sp³-hybridized carbons (Fsp3) is 0.429. The Labute approximate surface area is 131 Å². The third-order valence-corrected chi connectivity index (χ3v) is 2.76. The molecule has 1 aliphatic heterocycles. The van der Waals surface area contributed by atoms with Crippen LogP contribution in [0.2, 0.25) is 0 Å². The fourth-order valence-corrected chi connectivity index (χ4v) is 1.91. The summed E-state index contributed by atoms with van der Waals surface area (Å²) in [5, 5.41) is 13.7. The van der Waals surface area contributed by atoms with Gasteiger partial charge in [-0.3, -0.25) is 14.9 Å². The number of hydrogen-bond donors (Lipinski definition) is 1. The number of nitro benzene ring substituents is 1. The molecule has 1 aliphatic rings. The molecule has 1 aromatic carbocycles. The third-order valence-electron chi connectivity index (χ3n) is 2.76. The molecule has 2 rings (SSSR count). The minimum Gasteiger partial charge on any atom is -0.454 e. The quantitative estimate of drug-likeness (QED) is 0.505. The first-order valence-corrected chi connectivity index (χ1v) is 6.73. The van der Waals surface area contributed by atoms with Crippen molar-refractivity contribution >= 4 is 17.6 Å². The van der Waals surface area contributed by atoms with Gasteiger partial charge in [0.1, 0.15) is 5.56 Å². The van der Waals surface area contributed by atoms with Crippen molar-refractivity contribution in [2.75, 3.05) is 13.4 Å². The maximum absolute atomic E-state index is 12.0. The number of fused-ring (bicyclic) bond motifs is 1. The van der Waals surface area contributed by atoms with Gasteiger partial charge in [0, 0.05) is 11.6 Å². The second-order valence-electron chi connectivity index (χ2n) is 5.85. The number of nitrogens with zero attached hydrogens (tertiary/aromatic N) is 1. The molecule has 1 aromatic rings. The van der Waals surface area contributed by atoms with Crippen molar-refractivity contribution in [2.45, 2.75) is 26.3 Å². The van der Waals surface area contributed by atoms with Crippen LogP contribution in [0.4, 0.5) is 5.69 Å². The molecule has 1 N–H and O–H groups in total. The molecule has 0 spiro atoms. The number of esters is 1. The minimum atomic E-state index is -0.987. The largest absolute Gasteiger partial charge is 0.454 e. The van der Waals surface area contributed by atoms with Crippen molar-refractivity contribution in [1.82, 2.24) is 5.32 Å². The van der Waals surface area contributed by atoms with E-state index in [9.17, 15) is 19.7 Å². The molecule has 1 amide bonds. The molecule has 9 heteroatoms. The smallest absolute Gasteiger partial charge is 0.345 e. The molecule has 9 nitrogen and oxygen atoms in total. The van der Waals surface area contributed by atoms with E-state index in [1.807, 2.05) is 0 Å². The number of nitro groups is 1. The highest BCUT2D eigenvalue weighted by Gasteiger charge is 2.28. The maximum atomic E-state index is 12.0. The Morgan fingerprint density at radius 3 is 2.48 bits per heavy atom. The van der Waals surface area contributed by atoms with Gasteiger partial charge in [0.25, 0.3) is 11.6 Å². The summed E-state index contributed by atoms with van der Waals surface area (Å²) in [6, 6.07) is 2.26. The summed E-state index contributed by atoms with van der Waals surface area (Å²) in [4.78, 5) is 34.0. The van der Waals surface area contributed by atoms with Gasteiger partial charge in [-0.2, -0.15) is 0 Å². The third kappa shape index (κ3) is 4.09. The normalized spacial score (nSPS) is 12.7. The lowest BCUT2D eigenvalue weighted by Gasteiger charge is -2.20. The van der Waals surface area contributed by atoms with E-state index in [-0.39, 0.29) is 23.9 Å². The van der Waals surface area contributed by atoms with Crippen molar-refractivity contribution < 1.29 is 28.7 Å². The number of amides is 1. The van der Waals surface area contributed by atoms with Crippen molar-refractivity contribution in [1.29, 1.82) is 0 Å². The zero-order chi connectivity index (χ0) is 17.2. The highest BCUT2D eigenvalue weighted by molar-refractivity contribution is 5.96. The topological polar surface area (TPSA) is 117 Å². The highest BCUT2D eigenvalue weighted by atomic mass is 16.7. The van der Waals surface area contributed by atoms with Gasteiger partial charge in [0.05, 0.1) is 11.0 Å². The van der Waals surface area contributed by atoms with Gasteiger partial charge in [0.2, 0.25) is 6.79 Å². The number of carbonyl (C=O) groups is 2. The summed E-state index contributed by atoms with van der Waals surface area (Å²) >= 11 is 0. The Morgan fingerprint density at radius 2 is 1.91 bits per heavy atom. The van der Waals surface area contributed by atoms with E-state index in [2.05, 4.69) is 5.32 Å². The number of ether oxygens (including phenoxy) is 3. The number of rotatable bonds is 4. The van der Waals surface area contributed by atoms with Crippen molar-refractivity contribution in [2.24, 2.45) is 0 Å². The van der Waals surface area contributed by atoms with Gasteiger partial charge in [-0.25, -0.2) is 4.79 Å². The first-order valence-electron chi connectivity index (χ1n) is 6.73. The van der Waals surface area contributed by atoms with E-state index in [1.165, 1.54) is 6.07 Å². The molecule has 0 radical (unpaired) electrons. The SMILES string of the molecule is CC(C)(C)NC(=O)COC(=O)c1cc2c(cc1[N+](=O)[O-])OCO2. The van der Waals surface area contributed by atoms with Crippen LogP contribution in [0.25, 0.3) is 0 Å². The van der Waals surface area contributed by atoms with Gasteiger partial charge in [-0.1, -0.05) is 0 Å². The van der Waals surface area contributed by atoms with Crippen LogP contribution in [-0.4, -0.2) is 35.7 Å². The average Bonchev–Trinajstić information content (AvgIpc) is 2.88. The summed E-state index contributed by atoms with van der Waals surface area (Å²) < 4.78 is 15.0. The predicted molar refractivity (Wildman–Crippen MR) is 77.4 cm³/mol. The highest BCUT2D eigenvalue weighted by Crippen LogP contribution is 2.38. The van der Waals surface area contributed by atoms with E-state index >= 15 is 0 Å². The summed E-state index contributed by atoms with van der Waals surface area (Å²) in [7, 11) is 0. The molecule has 124 valence electrons. The maximum Gasteiger partial charge on any atom is 0.345 e. The Morgan fingerprint density at radius 1 is 1.30 bits per heavy atom. The molecule has 0 fully saturated rings. The molecule has 0 saturated heterocycles. The van der Waals surface area contributed by atoms with Crippen molar-refractivity contribution in [3.8, 4) is 11.5 Å². The van der Waals surface area contributed by atoms with Crippen LogP contribution in [0.15, 0.2) is 12.1 Å². The number of benzene rings is 1. The monoisotopic (exact) mass is 324 g/mol. The van der Waals surface area contributed by atoms with Gasteiger partial charge >= 0.3 is 5.97 Å². The summed E-state index contributed by atoms with van der Waals surface area (Å²) in [6.45, 7) is 4.70. The molecule has 0 unspecified atom stereocenters. The number of hydrogen-bond acceptors (Lipinski definition) is 7. The summed E-state index contributed by atoms with van der Waals surface area (Å²) in [6.07, 6.45) is 0. The second-order valence-corrected chi connectivity index (χ2v) is 5.85. The Balaban J connectivity index is 2.13. The molecular weight excluding hydrogens is 308 g/mol. The van der Waals surface area contributed by atoms with Gasteiger partial charge in [-0.15, -0.1) is 0 Å². The Bertz CT molecular complexity index is 664. The van der Waals surface area contributed by atoms with Crippen LogP contribution in [-0.2, 0) is 9.53 Å². The van der Waals surface area contributed by atoms with Crippen LogP contribution in [0.5, 0.6) is 11.5 Å². The molecule has 0 aromatic heterocycles. The van der Waals surface area contributed by atoms with Gasteiger partial charge < -0.3 is 19.5 Å². The van der Waals surface area contributed by atoms with Crippen LogP contribution < -0.4 is 14.8 Å². The average molecular weight is 324 g/mol. The fourth-order valence-electron chi connectivity index (χ4n) is 1.91. The van der Waals surface area contributed by atoms with Crippen molar-refractivity contribution in [3.63, 3.8) is 0 Å². The van der Waals surface area contributed by atoms with Gasteiger partial charge in [-0.05, 0) is 20.8 Å². The van der Waals surface area contributed by atoms with Crippen LogP contribution in [0.3, 0.4) is 0 Å². The van der Waals surface area contributed by atoms with E-state index in [0.29, 0.717) is 0 Å². The summed E-state index contributed by atoms with van der Waals surface area (Å²) in [5.74, 6) is -1.10. The second kappa shape index (κ2) is 6.11. The number of nitrogens with one attached hydrogen (secondary N) is 1. The van der Waals surface area contributed by atoms with E-state index in [4.69, 9.17) is 14.2 Å². The molecular formula is C14H16N2O7. The lowest BCUT2D eigenvalue weighted by Crippen LogP contribution is -2.42. The van der Waals surface area contributed by atoms with Crippen LogP contribution >= 0.6 is 0 Å². The van der Waals surface area contributed by atoms with Gasteiger partial charge in [0.15, 0.2) is 18.1 Å². The first-order chi connectivity index (χ1) is 10.7. The summed E-state index contributed by atoms with van der Waals surface area (Å²) in [5.41, 5.74) is -1.26. The molecule has 0 bridgehead atoms. The van der Waals surface area contributed by atoms with E-state index < -0.39 is 34.6 Å². The van der Waals surface area contributed by atoms with Crippen molar-refractivity contribution in [3.05, 3.63) is 27.8 Å².